The van der Waals surface area contributed by atoms with E-state index in [0.29, 0.717) is 36.3 Å². The molecule has 1 saturated heterocycles. The van der Waals surface area contributed by atoms with Crippen LogP contribution in [-0.4, -0.2) is 49.7 Å². The molecule has 4 heteroatoms. The smallest absolute Gasteiger partial charge is 0.222 e. The fourth-order valence-electron chi connectivity index (χ4n) is 4.18. The predicted octanol–water partition coefficient (Wildman–Crippen LogP) is 2.67. The second-order valence-electron chi connectivity index (χ2n) is 7.79. The summed E-state index contributed by atoms with van der Waals surface area (Å²) in [4.78, 5) is 14.6. The zero-order valence-corrected chi connectivity index (χ0v) is 15.0. The highest BCUT2D eigenvalue weighted by atomic mass is 16.5. The lowest BCUT2D eigenvalue weighted by Gasteiger charge is -2.55. The number of rotatable bonds is 6. The van der Waals surface area contributed by atoms with E-state index in [9.17, 15) is 4.79 Å². The summed E-state index contributed by atoms with van der Waals surface area (Å²) in [5.41, 5.74) is 0.0679. The fraction of sp³-hybridized carbons (Fsp3) is 0.944. The molecule has 3 atom stereocenters. The van der Waals surface area contributed by atoms with Crippen molar-refractivity contribution < 1.29 is 9.53 Å². The predicted molar refractivity (Wildman–Crippen MR) is 89.7 cm³/mol. The minimum Gasteiger partial charge on any atom is -0.378 e. The maximum absolute atomic E-state index is 12.7. The standard InChI is InChI=1S/C18H34N2O2/c1-6-22-16-12-15(18(16,3)4)20(5)17(21)11-13(2)14-7-9-19-10-8-14/h13-16,19H,6-12H2,1-5H3. The van der Waals surface area contributed by atoms with Gasteiger partial charge in [-0.1, -0.05) is 20.8 Å². The number of carbonyl (C=O) groups excluding carboxylic acids is 1. The molecule has 0 aromatic rings. The molecule has 3 unspecified atom stereocenters. The van der Waals surface area contributed by atoms with Crippen LogP contribution in [0.2, 0.25) is 0 Å². The highest BCUT2D eigenvalue weighted by molar-refractivity contribution is 5.76. The van der Waals surface area contributed by atoms with Crippen molar-refractivity contribution in [2.24, 2.45) is 17.3 Å². The van der Waals surface area contributed by atoms with Crippen molar-refractivity contribution in [2.45, 2.75) is 65.5 Å². The number of amides is 1. The molecular formula is C18H34N2O2. The summed E-state index contributed by atoms with van der Waals surface area (Å²) < 4.78 is 5.78. The van der Waals surface area contributed by atoms with Crippen LogP contribution in [0.15, 0.2) is 0 Å². The van der Waals surface area contributed by atoms with Crippen molar-refractivity contribution in [3.63, 3.8) is 0 Å². The number of nitrogens with one attached hydrogen (secondary N) is 1. The van der Waals surface area contributed by atoms with Crippen LogP contribution in [0.25, 0.3) is 0 Å². The van der Waals surface area contributed by atoms with E-state index in [2.05, 4.69) is 26.1 Å². The molecule has 2 rings (SSSR count). The minimum absolute atomic E-state index is 0.0679. The van der Waals surface area contributed by atoms with Crippen LogP contribution in [0.3, 0.4) is 0 Å². The molecule has 4 nitrogen and oxygen atoms in total. The number of ether oxygens (including phenoxy) is 1. The van der Waals surface area contributed by atoms with Gasteiger partial charge in [0.2, 0.25) is 5.91 Å². The summed E-state index contributed by atoms with van der Waals surface area (Å²) in [7, 11) is 1.98. The second kappa shape index (κ2) is 7.31. The Morgan fingerprint density at radius 1 is 1.36 bits per heavy atom. The SMILES string of the molecule is CCOC1CC(N(C)C(=O)CC(C)C2CCNCC2)C1(C)C. The summed E-state index contributed by atoms with van der Waals surface area (Å²) in [5, 5.41) is 3.40. The molecule has 1 aliphatic carbocycles. The Morgan fingerprint density at radius 3 is 2.55 bits per heavy atom. The number of piperidine rings is 1. The third kappa shape index (κ3) is 3.65. The van der Waals surface area contributed by atoms with E-state index in [0.717, 1.165) is 26.1 Å². The summed E-state index contributed by atoms with van der Waals surface area (Å²) in [6, 6.07) is 0.316. The van der Waals surface area contributed by atoms with E-state index in [-0.39, 0.29) is 5.41 Å². The molecule has 128 valence electrons. The summed E-state index contributed by atoms with van der Waals surface area (Å²) >= 11 is 0. The molecule has 0 aromatic carbocycles. The molecule has 2 fully saturated rings. The van der Waals surface area contributed by atoms with Gasteiger partial charge in [0, 0.05) is 31.5 Å². The zero-order valence-electron chi connectivity index (χ0n) is 15.0. The molecule has 1 aliphatic heterocycles. The van der Waals surface area contributed by atoms with Gasteiger partial charge in [-0.15, -0.1) is 0 Å². The number of carbonyl (C=O) groups is 1. The van der Waals surface area contributed by atoms with Crippen molar-refractivity contribution in [3.8, 4) is 0 Å². The van der Waals surface area contributed by atoms with Gasteiger partial charge in [0.15, 0.2) is 0 Å². The van der Waals surface area contributed by atoms with Crippen LogP contribution >= 0.6 is 0 Å². The van der Waals surface area contributed by atoms with Gasteiger partial charge in [0.05, 0.1) is 6.10 Å². The van der Waals surface area contributed by atoms with E-state index in [1.54, 1.807) is 0 Å². The van der Waals surface area contributed by atoms with Gasteiger partial charge < -0.3 is 15.0 Å². The molecule has 22 heavy (non-hydrogen) atoms. The Hall–Kier alpha value is -0.610. The maximum Gasteiger partial charge on any atom is 0.222 e. The zero-order chi connectivity index (χ0) is 16.3. The average molecular weight is 310 g/mol. The molecule has 1 saturated carbocycles. The van der Waals surface area contributed by atoms with Crippen molar-refractivity contribution in [1.29, 1.82) is 0 Å². The molecule has 0 bridgehead atoms. The Morgan fingerprint density at radius 2 is 2.00 bits per heavy atom. The van der Waals surface area contributed by atoms with Gasteiger partial charge in [-0.3, -0.25) is 4.79 Å². The first-order valence-electron chi connectivity index (χ1n) is 8.95. The third-order valence-electron chi connectivity index (χ3n) is 6.04. The Balaban J connectivity index is 1.84. The van der Waals surface area contributed by atoms with E-state index >= 15 is 0 Å². The van der Waals surface area contributed by atoms with Gasteiger partial charge in [0.25, 0.3) is 0 Å². The van der Waals surface area contributed by atoms with E-state index in [4.69, 9.17) is 4.74 Å². The molecule has 2 aliphatic rings. The minimum atomic E-state index is 0.0679. The van der Waals surface area contributed by atoms with Crippen LogP contribution in [0.1, 0.15) is 53.4 Å². The summed E-state index contributed by atoms with van der Waals surface area (Å²) in [6.45, 7) is 11.7. The van der Waals surface area contributed by atoms with Crippen molar-refractivity contribution >= 4 is 5.91 Å². The Bertz CT molecular complexity index is 377. The van der Waals surface area contributed by atoms with Crippen LogP contribution in [0.4, 0.5) is 0 Å². The largest absolute Gasteiger partial charge is 0.378 e. The lowest BCUT2D eigenvalue weighted by atomic mass is 9.63. The van der Waals surface area contributed by atoms with Crippen molar-refractivity contribution in [3.05, 3.63) is 0 Å². The second-order valence-corrected chi connectivity index (χ2v) is 7.79. The molecule has 0 spiro atoms. The van der Waals surface area contributed by atoms with Gasteiger partial charge in [-0.2, -0.15) is 0 Å². The molecule has 1 amide bonds. The first-order valence-corrected chi connectivity index (χ1v) is 8.95. The first-order chi connectivity index (χ1) is 10.4. The van der Waals surface area contributed by atoms with Crippen molar-refractivity contribution in [1.82, 2.24) is 10.2 Å². The monoisotopic (exact) mass is 310 g/mol. The number of hydrogen-bond acceptors (Lipinski definition) is 3. The maximum atomic E-state index is 12.7. The van der Waals surface area contributed by atoms with E-state index in [1.807, 2.05) is 18.9 Å². The number of nitrogens with zero attached hydrogens (tertiary/aromatic N) is 1. The summed E-state index contributed by atoms with van der Waals surface area (Å²) in [6.07, 6.45) is 4.37. The highest BCUT2D eigenvalue weighted by Crippen LogP contribution is 2.45. The fourth-order valence-corrected chi connectivity index (χ4v) is 4.18. The van der Waals surface area contributed by atoms with Gasteiger partial charge in [-0.05, 0) is 51.1 Å². The van der Waals surface area contributed by atoms with Crippen molar-refractivity contribution in [2.75, 3.05) is 26.7 Å². The summed E-state index contributed by atoms with van der Waals surface area (Å²) in [5.74, 6) is 1.49. The Kier molecular flexibility index (Phi) is 5.89. The van der Waals surface area contributed by atoms with Gasteiger partial charge in [0.1, 0.15) is 0 Å². The van der Waals surface area contributed by atoms with Crippen LogP contribution in [-0.2, 0) is 9.53 Å². The Labute approximate surface area is 136 Å². The topological polar surface area (TPSA) is 41.6 Å². The molecule has 1 heterocycles. The quantitative estimate of drug-likeness (QED) is 0.820. The third-order valence-corrected chi connectivity index (χ3v) is 6.04. The van der Waals surface area contributed by atoms with Crippen LogP contribution < -0.4 is 5.32 Å². The average Bonchev–Trinajstić information content (AvgIpc) is 2.51. The van der Waals surface area contributed by atoms with E-state index in [1.165, 1.54) is 12.8 Å². The molecule has 0 radical (unpaired) electrons. The van der Waals surface area contributed by atoms with Gasteiger partial charge in [-0.25, -0.2) is 0 Å². The first kappa shape index (κ1) is 17.7. The normalized spacial score (nSPS) is 29.7. The molecule has 0 aromatic heterocycles. The van der Waals surface area contributed by atoms with Gasteiger partial charge >= 0.3 is 0 Å². The van der Waals surface area contributed by atoms with Crippen LogP contribution in [0.5, 0.6) is 0 Å². The molecule has 1 N–H and O–H groups in total. The van der Waals surface area contributed by atoms with E-state index < -0.39 is 0 Å². The lowest BCUT2D eigenvalue weighted by Crippen LogP contribution is -2.62. The highest BCUT2D eigenvalue weighted by Gasteiger charge is 2.51. The van der Waals surface area contributed by atoms with Crippen LogP contribution in [0, 0.1) is 17.3 Å². The number of hydrogen-bond donors (Lipinski definition) is 1. The molecular weight excluding hydrogens is 276 g/mol. The lowest BCUT2D eigenvalue weighted by molar-refractivity contribution is -0.164.